The molecule has 1 aliphatic rings. The zero-order chi connectivity index (χ0) is 20.5. The predicted octanol–water partition coefficient (Wildman–Crippen LogP) is 3.17. The van der Waals surface area contributed by atoms with Crippen LogP contribution in [0.3, 0.4) is 0 Å². The molecule has 0 spiro atoms. The Morgan fingerprint density at radius 2 is 2.04 bits per heavy atom. The summed E-state index contributed by atoms with van der Waals surface area (Å²) in [5.41, 5.74) is -0.819. The number of fused-ring (bicyclic) bond motifs is 1. The lowest BCUT2D eigenvalue weighted by atomic mass is 9.97. The van der Waals surface area contributed by atoms with Crippen molar-refractivity contribution in [2.24, 2.45) is 5.92 Å². The van der Waals surface area contributed by atoms with E-state index in [4.69, 9.17) is 4.42 Å². The molecule has 1 N–H and O–H groups in total. The van der Waals surface area contributed by atoms with Crippen molar-refractivity contribution >= 4 is 28.5 Å². The molecule has 148 valence electrons. The molecule has 0 radical (unpaired) electrons. The molecule has 1 fully saturated rings. The van der Waals surface area contributed by atoms with E-state index >= 15 is 0 Å². The van der Waals surface area contributed by atoms with Gasteiger partial charge in [0.1, 0.15) is 5.58 Å². The number of nitrogens with zero attached hydrogens (tertiary/aromatic N) is 1. The van der Waals surface area contributed by atoms with Gasteiger partial charge in [0.25, 0.3) is 0 Å². The second-order valence-corrected chi connectivity index (χ2v) is 6.50. The standard InChI is InChI=1S/C19H17F3N2O4/c1-2-17(26)24-7-3-4-11(10-24)18(27)23-12-5-6-15-13(8-12)14(25)9-16(28-15)19(20,21)22/h2,5-6,8-9,11H,1,3-4,7,10H2,(H,23,27). The number of anilines is 1. The summed E-state index contributed by atoms with van der Waals surface area (Å²) in [6, 6.07) is 4.22. The summed E-state index contributed by atoms with van der Waals surface area (Å²) >= 11 is 0. The molecule has 28 heavy (non-hydrogen) atoms. The van der Waals surface area contributed by atoms with Crippen LogP contribution in [-0.2, 0) is 15.8 Å². The van der Waals surface area contributed by atoms with Gasteiger partial charge >= 0.3 is 6.18 Å². The van der Waals surface area contributed by atoms with Gasteiger partial charge in [0.2, 0.25) is 17.6 Å². The van der Waals surface area contributed by atoms with Gasteiger partial charge in [-0.3, -0.25) is 14.4 Å². The summed E-state index contributed by atoms with van der Waals surface area (Å²) < 4.78 is 43.0. The molecule has 0 aliphatic carbocycles. The molecule has 2 heterocycles. The summed E-state index contributed by atoms with van der Waals surface area (Å²) in [6.45, 7) is 4.23. The van der Waals surface area contributed by atoms with E-state index in [9.17, 15) is 27.6 Å². The third-order valence-corrected chi connectivity index (χ3v) is 4.55. The van der Waals surface area contributed by atoms with E-state index in [1.54, 1.807) is 0 Å². The number of amides is 2. The van der Waals surface area contributed by atoms with Gasteiger partial charge in [-0.05, 0) is 37.1 Å². The van der Waals surface area contributed by atoms with E-state index in [0.29, 0.717) is 25.5 Å². The van der Waals surface area contributed by atoms with Gasteiger partial charge in [-0.15, -0.1) is 0 Å². The van der Waals surface area contributed by atoms with Crippen LogP contribution in [0.4, 0.5) is 18.9 Å². The minimum atomic E-state index is -4.77. The average Bonchev–Trinajstić information content (AvgIpc) is 2.67. The molecule has 3 rings (SSSR count). The van der Waals surface area contributed by atoms with Crippen LogP contribution in [-0.4, -0.2) is 29.8 Å². The predicted molar refractivity (Wildman–Crippen MR) is 95.6 cm³/mol. The summed E-state index contributed by atoms with van der Waals surface area (Å²) in [5, 5.41) is 2.58. The number of hydrogen-bond donors (Lipinski definition) is 1. The number of hydrogen-bond acceptors (Lipinski definition) is 4. The number of likely N-dealkylation sites (tertiary alicyclic amines) is 1. The largest absolute Gasteiger partial charge is 0.451 e. The highest BCUT2D eigenvalue weighted by Gasteiger charge is 2.35. The van der Waals surface area contributed by atoms with Gasteiger partial charge in [0, 0.05) is 24.8 Å². The van der Waals surface area contributed by atoms with Gasteiger partial charge in [-0.2, -0.15) is 13.2 Å². The fraction of sp³-hybridized carbons (Fsp3) is 0.316. The first-order chi connectivity index (χ1) is 13.2. The molecular formula is C19H17F3N2O4. The van der Waals surface area contributed by atoms with E-state index in [-0.39, 0.29) is 35.0 Å². The normalized spacial score (nSPS) is 17.4. The van der Waals surface area contributed by atoms with Crippen molar-refractivity contribution in [1.82, 2.24) is 4.90 Å². The fourth-order valence-corrected chi connectivity index (χ4v) is 3.14. The van der Waals surface area contributed by atoms with Crippen LogP contribution in [0.5, 0.6) is 0 Å². The van der Waals surface area contributed by atoms with Crippen LogP contribution in [0.2, 0.25) is 0 Å². The third kappa shape index (κ3) is 4.08. The van der Waals surface area contributed by atoms with Gasteiger partial charge in [0.05, 0.1) is 11.3 Å². The molecule has 2 aromatic rings. The van der Waals surface area contributed by atoms with Crippen molar-refractivity contribution in [3.8, 4) is 0 Å². The van der Waals surface area contributed by atoms with Gasteiger partial charge in [-0.1, -0.05) is 6.58 Å². The van der Waals surface area contributed by atoms with Crippen molar-refractivity contribution < 1.29 is 27.2 Å². The van der Waals surface area contributed by atoms with Gasteiger partial charge in [0.15, 0.2) is 5.43 Å². The zero-order valence-corrected chi connectivity index (χ0v) is 14.7. The Bertz CT molecular complexity index is 997. The number of halogens is 3. The molecule has 2 amide bonds. The van der Waals surface area contributed by atoms with Crippen LogP contribution < -0.4 is 10.7 Å². The Labute approximate surface area is 157 Å². The maximum Gasteiger partial charge on any atom is 0.449 e. The van der Waals surface area contributed by atoms with Crippen molar-refractivity contribution in [1.29, 1.82) is 0 Å². The number of carbonyl (C=O) groups is 2. The van der Waals surface area contributed by atoms with Gasteiger partial charge in [-0.25, -0.2) is 0 Å². The molecule has 6 nitrogen and oxygen atoms in total. The molecule has 1 aromatic carbocycles. The topological polar surface area (TPSA) is 79.6 Å². The first-order valence-electron chi connectivity index (χ1n) is 8.56. The fourth-order valence-electron chi connectivity index (χ4n) is 3.14. The van der Waals surface area contributed by atoms with Crippen LogP contribution >= 0.6 is 0 Å². The number of nitrogens with one attached hydrogen (secondary N) is 1. The Morgan fingerprint density at radius 1 is 1.29 bits per heavy atom. The monoisotopic (exact) mass is 394 g/mol. The molecule has 1 aliphatic heterocycles. The van der Waals surface area contributed by atoms with Crippen molar-refractivity contribution in [2.75, 3.05) is 18.4 Å². The molecule has 1 atom stereocenters. The molecule has 1 saturated heterocycles. The lowest BCUT2D eigenvalue weighted by Gasteiger charge is -2.31. The van der Waals surface area contributed by atoms with Gasteiger partial charge < -0.3 is 14.6 Å². The molecule has 0 bridgehead atoms. The third-order valence-electron chi connectivity index (χ3n) is 4.55. The van der Waals surface area contributed by atoms with E-state index in [2.05, 4.69) is 11.9 Å². The highest BCUT2D eigenvalue weighted by Crippen LogP contribution is 2.30. The molecule has 0 saturated carbocycles. The van der Waals surface area contributed by atoms with Crippen molar-refractivity contribution in [3.05, 3.63) is 52.9 Å². The Morgan fingerprint density at radius 3 is 2.71 bits per heavy atom. The summed E-state index contributed by atoms with van der Waals surface area (Å²) in [6.07, 6.45) is -2.31. The number of carbonyl (C=O) groups excluding carboxylic acids is 2. The molecular weight excluding hydrogens is 377 g/mol. The summed E-state index contributed by atoms with van der Waals surface area (Å²) in [5.74, 6) is -2.40. The SMILES string of the molecule is C=CC(=O)N1CCCC(C(=O)Nc2ccc3oc(C(F)(F)F)cc(=O)c3c2)C1. The van der Waals surface area contributed by atoms with Crippen LogP contribution in [0.25, 0.3) is 11.0 Å². The minimum absolute atomic E-state index is 0.0714. The molecule has 1 unspecified atom stereocenters. The van der Waals surface area contributed by atoms with E-state index in [0.717, 1.165) is 0 Å². The zero-order valence-electron chi connectivity index (χ0n) is 14.7. The highest BCUT2D eigenvalue weighted by molar-refractivity contribution is 5.95. The molecule has 1 aromatic heterocycles. The Hall–Kier alpha value is -3.10. The second kappa shape index (κ2) is 7.49. The lowest BCUT2D eigenvalue weighted by Crippen LogP contribution is -2.43. The average molecular weight is 394 g/mol. The van der Waals surface area contributed by atoms with Crippen LogP contribution in [0, 0.1) is 5.92 Å². The Kier molecular flexibility index (Phi) is 5.26. The van der Waals surface area contributed by atoms with Crippen LogP contribution in [0.15, 0.2) is 46.1 Å². The van der Waals surface area contributed by atoms with Crippen molar-refractivity contribution in [2.45, 2.75) is 19.0 Å². The highest BCUT2D eigenvalue weighted by atomic mass is 19.4. The Balaban J connectivity index is 1.80. The van der Waals surface area contributed by atoms with Crippen molar-refractivity contribution in [3.63, 3.8) is 0 Å². The first-order valence-corrected chi connectivity index (χ1v) is 8.56. The maximum atomic E-state index is 12.7. The lowest BCUT2D eigenvalue weighted by molar-refractivity contribution is -0.152. The summed E-state index contributed by atoms with van der Waals surface area (Å²) in [4.78, 5) is 37.8. The number of rotatable bonds is 3. The number of piperidine rings is 1. The smallest absolute Gasteiger partial charge is 0.449 e. The molecule has 9 heteroatoms. The maximum absolute atomic E-state index is 12.7. The van der Waals surface area contributed by atoms with E-state index in [1.807, 2.05) is 0 Å². The van der Waals surface area contributed by atoms with E-state index < -0.39 is 23.3 Å². The number of alkyl halides is 3. The first kappa shape index (κ1) is 19.7. The van der Waals surface area contributed by atoms with Crippen LogP contribution in [0.1, 0.15) is 18.6 Å². The second-order valence-electron chi connectivity index (χ2n) is 6.50. The summed E-state index contributed by atoms with van der Waals surface area (Å²) in [7, 11) is 0. The minimum Gasteiger partial charge on any atom is -0.451 e. The quantitative estimate of drug-likeness (QED) is 0.811. The van der Waals surface area contributed by atoms with E-state index in [1.165, 1.54) is 29.2 Å². The number of benzene rings is 1.